The Hall–Kier alpha value is -8.54. The van der Waals surface area contributed by atoms with E-state index in [2.05, 4.69) is 258 Å². The van der Waals surface area contributed by atoms with Gasteiger partial charge in [0.15, 0.2) is 0 Å². The molecule has 74 heavy (non-hydrogen) atoms. The number of pyridine rings is 1. The Bertz CT molecular complexity index is 4360. The number of hydrogen-bond acceptors (Lipinski definition) is 3. The van der Waals surface area contributed by atoms with Crippen molar-refractivity contribution < 1.29 is 24.1 Å². The van der Waals surface area contributed by atoms with Crippen molar-refractivity contribution in [3.05, 3.63) is 281 Å². The summed E-state index contributed by atoms with van der Waals surface area (Å²) in [5, 5.41) is 2.20. The summed E-state index contributed by atoms with van der Waals surface area (Å²) in [5.74, 6) is 1.98. The fourth-order valence-electron chi connectivity index (χ4n) is 11.8. The molecular formula is C67H40N4OPtS-2. The van der Waals surface area contributed by atoms with E-state index in [0.717, 1.165) is 76.1 Å². The van der Waals surface area contributed by atoms with Gasteiger partial charge in [0.1, 0.15) is 0 Å². The molecule has 0 atom stereocenters. The van der Waals surface area contributed by atoms with Gasteiger partial charge < -0.3 is 0 Å². The molecule has 0 fully saturated rings. The molecular weight excluding hydrogens is 1100 g/mol. The zero-order valence-electron chi connectivity index (χ0n) is 39.5. The second kappa shape index (κ2) is 17.0. The number of hydrogen-bond donors (Lipinski definition) is 0. The van der Waals surface area contributed by atoms with Crippen molar-refractivity contribution in [1.82, 2.24) is 18.7 Å². The topological polar surface area (TPSA) is 36.9 Å². The van der Waals surface area contributed by atoms with Crippen LogP contribution in [-0.2, 0) is 24.8 Å². The zero-order chi connectivity index (χ0) is 48.9. The van der Waals surface area contributed by atoms with Gasteiger partial charge in [0.2, 0.25) is 0 Å². The maximum absolute atomic E-state index is 6.86. The molecule has 2 aliphatic rings. The molecule has 0 N–H and O–H groups in total. The van der Waals surface area contributed by atoms with E-state index in [1.807, 2.05) is 42.2 Å². The molecule has 7 heteroatoms. The van der Waals surface area contributed by atoms with Gasteiger partial charge in [-0.3, -0.25) is 0 Å². The van der Waals surface area contributed by atoms with Gasteiger partial charge in [-0.15, -0.1) is 0 Å². The predicted molar refractivity (Wildman–Crippen MR) is 294 cm³/mol. The first-order valence-electron chi connectivity index (χ1n) is 24.7. The van der Waals surface area contributed by atoms with E-state index >= 15 is 0 Å². The molecule has 5 nitrogen and oxygen atoms in total. The number of fused-ring (bicyclic) bond motifs is 13. The van der Waals surface area contributed by atoms with Gasteiger partial charge in [0, 0.05) is 16.0 Å². The summed E-state index contributed by atoms with van der Waals surface area (Å²) in [5.41, 5.74) is 17.8. The third-order valence-electron chi connectivity index (χ3n) is 14.8. The molecule has 0 saturated heterocycles. The van der Waals surface area contributed by atoms with Crippen molar-refractivity contribution >= 4 is 44.6 Å². The molecule has 1 spiro atoms. The molecule has 1 aliphatic heterocycles. The minimum absolute atomic E-state index is 0.513. The quantitative estimate of drug-likeness (QED) is 0.149. The molecule has 0 radical (unpaired) electrons. The van der Waals surface area contributed by atoms with E-state index < -0.39 is 5.41 Å². The second-order valence-corrected chi connectivity index (χ2v) is 20.9. The third-order valence-corrected chi connectivity index (χ3v) is 17.0. The van der Waals surface area contributed by atoms with E-state index in [0.29, 0.717) is 11.5 Å². The van der Waals surface area contributed by atoms with Gasteiger partial charge in [-0.05, 0) is 51.6 Å². The zero-order valence-corrected chi connectivity index (χ0v) is 42.6. The van der Waals surface area contributed by atoms with E-state index in [1.165, 1.54) is 43.2 Å². The number of rotatable bonds is 7. The first kappa shape index (κ1) is 43.1. The molecule has 0 saturated carbocycles. The van der Waals surface area contributed by atoms with E-state index in [9.17, 15) is 0 Å². The summed E-state index contributed by atoms with van der Waals surface area (Å²) >= 11 is 4.35. The van der Waals surface area contributed by atoms with Crippen molar-refractivity contribution in [3.8, 4) is 62.1 Å². The van der Waals surface area contributed by atoms with Crippen LogP contribution in [0.2, 0.25) is 0 Å². The van der Waals surface area contributed by atoms with E-state index in [4.69, 9.17) is 9.72 Å². The monoisotopic (exact) mass is 1140 g/mol. The van der Waals surface area contributed by atoms with Gasteiger partial charge in [-0.2, -0.15) is 0 Å². The van der Waals surface area contributed by atoms with Crippen LogP contribution in [0.15, 0.2) is 253 Å². The van der Waals surface area contributed by atoms with Gasteiger partial charge in [0.25, 0.3) is 0 Å². The van der Waals surface area contributed by atoms with Gasteiger partial charge in [-0.1, -0.05) is 78.5 Å². The van der Waals surface area contributed by atoms with E-state index in [1.54, 1.807) is 0 Å². The molecule has 13 aromatic rings. The summed E-state index contributed by atoms with van der Waals surface area (Å²) in [6.45, 7) is 0. The fourth-order valence-corrected chi connectivity index (χ4v) is 14.1. The van der Waals surface area contributed by atoms with Crippen molar-refractivity contribution in [2.45, 2.75) is 15.2 Å². The summed E-state index contributed by atoms with van der Waals surface area (Å²) < 4.78 is 14.8. The number of aromatic nitrogens is 4. The van der Waals surface area contributed by atoms with Crippen molar-refractivity contribution in [1.29, 1.82) is 0 Å². The average molecular weight is 1140 g/mol. The Kier molecular flexibility index (Phi) is 9.91. The first-order chi connectivity index (χ1) is 36.6. The number of para-hydroxylation sites is 3. The summed E-state index contributed by atoms with van der Waals surface area (Å²) in [6.07, 6.45) is 1.86. The Morgan fingerprint density at radius 2 is 1.03 bits per heavy atom. The van der Waals surface area contributed by atoms with Crippen LogP contribution in [0.3, 0.4) is 0 Å². The number of ether oxygens (including phenoxy) is 1. The van der Waals surface area contributed by atoms with Crippen LogP contribution in [0.1, 0.15) is 22.3 Å². The van der Waals surface area contributed by atoms with Crippen LogP contribution in [0.4, 0.5) is 0 Å². The summed E-state index contributed by atoms with van der Waals surface area (Å²) in [6, 6.07) is 92.2. The van der Waals surface area contributed by atoms with Gasteiger partial charge in [-0.25, -0.2) is 0 Å². The van der Waals surface area contributed by atoms with Gasteiger partial charge in [0.05, 0.1) is 5.41 Å². The van der Waals surface area contributed by atoms with Crippen LogP contribution in [-0.4, -0.2) is 18.7 Å². The normalized spacial score (nSPS) is 13.0. The van der Waals surface area contributed by atoms with Crippen LogP contribution < -0.4 is 4.74 Å². The number of nitrogens with zero attached hydrogens (tertiary/aromatic N) is 4. The van der Waals surface area contributed by atoms with Crippen LogP contribution in [0.5, 0.6) is 11.5 Å². The molecule has 0 bridgehead atoms. The van der Waals surface area contributed by atoms with Gasteiger partial charge >= 0.3 is 294 Å². The maximum atomic E-state index is 6.86. The Balaban J connectivity index is 0.889. The van der Waals surface area contributed by atoms with Crippen molar-refractivity contribution in [2.24, 2.45) is 0 Å². The molecule has 0 amide bonds. The molecule has 10 aromatic carbocycles. The second-order valence-electron chi connectivity index (χ2n) is 18.8. The SMILES string of the molecule is [Pt]=[c]1n(-c2[c-]c(Oc3[c-]c4c(cc3)c3cc5c(cc3n4-c3ccccn3)C3(c4ccccc4Sc4ccccc43)c3ccccc3-5)ccc2)c2ccccc2n1-c1c(-c2ccccc2)cccc1-c1ccccc1. The Morgan fingerprint density at radius 1 is 0.432 bits per heavy atom. The average Bonchev–Trinajstić information content (AvgIpc) is 4.17. The number of imidazole rings is 1. The molecule has 352 valence electrons. The van der Waals surface area contributed by atoms with Crippen molar-refractivity contribution in [2.75, 3.05) is 0 Å². The Morgan fingerprint density at radius 3 is 1.73 bits per heavy atom. The third kappa shape index (κ3) is 6.41. The molecule has 15 rings (SSSR count). The summed E-state index contributed by atoms with van der Waals surface area (Å²) in [7, 11) is 0. The number of benzene rings is 10. The Labute approximate surface area is 442 Å². The molecule has 0 unspecified atom stereocenters. The molecule has 1 aliphatic carbocycles. The van der Waals surface area contributed by atoms with Crippen LogP contribution in [0, 0.1) is 15.9 Å². The minimum atomic E-state index is -0.513. The standard InChI is InChI=1S/C67H40N4OS.Pt/c1-3-19-44(20-4-1)49-26-18-27-50(45-21-5-2-6-22-45)66(49)70-43-69(59-31-11-12-32-60(59)70)46-23-17-24-47(39-46)72-48-36-37-52-54-41-53-51-25-7-8-28-55(51)67(56-29-9-13-33-63(56)73-64-34-14-10-30-57(64)67)58(53)42-62(54)71(61(52)40-48)65-35-15-16-38-68-65;/h1-38,41-42H;/q-2;. The van der Waals surface area contributed by atoms with Crippen molar-refractivity contribution in [3.63, 3.8) is 0 Å². The van der Waals surface area contributed by atoms with Crippen LogP contribution >= 0.6 is 11.8 Å². The van der Waals surface area contributed by atoms with Crippen LogP contribution in [0.25, 0.3) is 83.4 Å². The summed E-state index contributed by atoms with van der Waals surface area (Å²) in [4.78, 5) is 7.53. The fraction of sp³-hybridized carbons (Fsp3) is 0.0149. The predicted octanol–water partition coefficient (Wildman–Crippen LogP) is 16.5. The molecule has 3 aromatic heterocycles. The molecule has 4 heterocycles. The first-order valence-corrected chi connectivity index (χ1v) is 26.6. The van der Waals surface area contributed by atoms with E-state index in [-0.39, 0.29) is 0 Å².